The Morgan fingerprint density at radius 3 is 2.56 bits per heavy atom. The van der Waals surface area contributed by atoms with Crippen LogP contribution in [0.1, 0.15) is 12.0 Å². The Morgan fingerprint density at radius 1 is 1.00 bits per heavy atom. The first kappa shape index (κ1) is 18.0. The van der Waals surface area contributed by atoms with Gasteiger partial charge in [-0.2, -0.15) is 5.10 Å². The van der Waals surface area contributed by atoms with Gasteiger partial charge in [-0.05, 0) is 17.7 Å². The fourth-order valence-corrected chi connectivity index (χ4v) is 3.82. The first-order valence-electron chi connectivity index (χ1n) is 9.35. The van der Waals surface area contributed by atoms with E-state index in [1.807, 2.05) is 33.8 Å². The number of benzene rings is 2. The van der Waals surface area contributed by atoms with Crippen molar-refractivity contribution in [3.05, 3.63) is 65.3 Å². The molecular weight excluding hydrogens is 360 g/mol. The summed E-state index contributed by atoms with van der Waals surface area (Å²) in [4.78, 5) is 17.0. The summed E-state index contributed by atoms with van der Waals surface area (Å²) in [5.41, 5.74) is 2.30. The molecule has 0 atom stereocenters. The lowest BCUT2D eigenvalue weighted by molar-refractivity contribution is -0.133. The third-order valence-electron chi connectivity index (χ3n) is 5.15. The molecule has 0 radical (unpaired) electrons. The van der Waals surface area contributed by atoms with E-state index in [1.54, 1.807) is 6.20 Å². The van der Waals surface area contributed by atoms with Crippen LogP contribution in [-0.2, 0) is 17.9 Å². The van der Waals surface area contributed by atoms with Crippen LogP contribution in [0.4, 0.5) is 0 Å². The number of halogens is 1. The maximum atomic E-state index is 12.6. The smallest absolute Gasteiger partial charge is 0.224 e. The van der Waals surface area contributed by atoms with Gasteiger partial charge in [0.2, 0.25) is 5.91 Å². The Labute approximate surface area is 164 Å². The van der Waals surface area contributed by atoms with Crippen molar-refractivity contribution < 1.29 is 4.79 Å². The average Bonchev–Trinajstić information content (AvgIpc) is 3.12. The minimum Gasteiger partial charge on any atom is -0.340 e. The van der Waals surface area contributed by atoms with Crippen molar-refractivity contribution in [1.82, 2.24) is 19.6 Å². The van der Waals surface area contributed by atoms with Crippen LogP contribution < -0.4 is 0 Å². The summed E-state index contributed by atoms with van der Waals surface area (Å²) in [5, 5.41) is 6.01. The number of aryl methyl sites for hydroxylation is 1. The number of rotatable bonds is 5. The highest BCUT2D eigenvalue weighted by Crippen LogP contribution is 2.23. The summed E-state index contributed by atoms with van der Waals surface area (Å²) in [7, 11) is 0. The Bertz CT molecular complexity index is 916. The van der Waals surface area contributed by atoms with Gasteiger partial charge >= 0.3 is 0 Å². The van der Waals surface area contributed by atoms with Gasteiger partial charge in [-0.1, -0.05) is 48.0 Å². The Balaban J connectivity index is 1.29. The average molecular weight is 383 g/mol. The van der Waals surface area contributed by atoms with E-state index in [2.05, 4.69) is 34.3 Å². The highest BCUT2D eigenvalue weighted by Gasteiger charge is 2.21. The van der Waals surface area contributed by atoms with E-state index in [0.717, 1.165) is 43.6 Å². The number of fused-ring (bicyclic) bond motifs is 1. The molecule has 1 aromatic heterocycles. The van der Waals surface area contributed by atoms with E-state index >= 15 is 0 Å². The van der Waals surface area contributed by atoms with Crippen LogP contribution >= 0.6 is 11.6 Å². The molecule has 1 aliphatic heterocycles. The summed E-state index contributed by atoms with van der Waals surface area (Å²) in [6.07, 6.45) is 2.23. The summed E-state index contributed by atoms with van der Waals surface area (Å²) in [6, 6.07) is 16.2. The van der Waals surface area contributed by atoms with Crippen LogP contribution in [0.15, 0.2) is 54.7 Å². The van der Waals surface area contributed by atoms with Crippen molar-refractivity contribution in [2.45, 2.75) is 19.5 Å². The van der Waals surface area contributed by atoms with E-state index in [1.165, 1.54) is 5.56 Å². The van der Waals surface area contributed by atoms with Gasteiger partial charge in [0.25, 0.3) is 0 Å². The van der Waals surface area contributed by atoms with Crippen LogP contribution in [-0.4, -0.2) is 51.7 Å². The molecule has 0 aliphatic carbocycles. The molecule has 1 saturated heterocycles. The van der Waals surface area contributed by atoms with Gasteiger partial charge in [0.15, 0.2) is 0 Å². The van der Waals surface area contributed by atoms with Crippen molar-refractivity contribution in [3.8, 4) is 0 Å². The molecule has 3 aromatic rings. The molecule has 0 N–H and O–H groups in total. The lowest BCUT2D eigenvalue weighted by Crippen LogP contribution is -2.48. The molecule has 6 heteroatoms. The summed E-state index contributed by atoms with van der Waals surface area (Å²) in [6.45, 7) is 4.94. The fourth-order valence-electron chi connectivity index (χ4n) is 3.60. The van der Waals surface area contributed by atoms with Crippen molar-refractivity contribution in [1.29, 1.82) is 0 Å². The first-order chi connectivity index (χ1) is 13.2. The van der Waals surface area contributed by atoms with E-state index in [4.69, 9.17) is 11.6 Å². The van der Waals surface area contributed by atoms with Crippen LogP contribution in [0.25, 0.3) is 10.9 Å². The fraction of sp³-hybridized carbons (Fsp3) is 0.333. The predicted octanol–water partition coefficient (Wildman–Crippen LogP) is 3.42. The zero-order valence-electron chi connectivity index (χ0n) is 15.2. The van der Waals surface area contributed by atoms with Gasteiger partial charge in [-0.25, -0.2) is 0 Å². The number of amides is 1. The van der Waals surface area contributed by atoms with Crippen molar-refractivity contribution in [2.75, 3.05) is 26.2 Å². The second kappa shape index (κ2) is 8.11. The van der Waals surface area contributed by atoms with Crippen LogP contribution in [0.3, 0.4) is 0 Å². The van der Waals surface area contributed by atoms with Crippen LogP contribution in [0.5, 0.6) is 0 Å². The summed E-state index contributed by atoms with van der Waals surface area (Å²) in [5.74, 6) is 0.194. The molecule has 1 fully saturated rings. The lowest BCUT2D eigenvalue weighted by Gasteiger charge is -2.34. The molecule has 27 heavy (non-hydrogen) atoms. The van der Waals surface area contributed by atoms with E-state index < -0.39 is 0 Å². The number of nitrogens with zero attached hydrogens (tertiary/aromatic N) is 4. The van der Waals surface area contributed by atoms with Gasteiger partial charge in [0.1, 0.15) is 0 Å². The normalized spacial score (nSPS) is 15.4. The molecule has 2 aromatic carbocycles. The Hall–Kier alpha value is -2.37. The van der Waals surface area contributed by atoms with Crippen molar-refractivity contribution in [3.63, 3.8) is 0 Å². The third-order valence-corrected chi connectivity index (χ3v) is 5.48. The summed E-state index contributed by atoms with van der Waals surface area (Å²) >= 11 is 6.19. The van der Waals surface area contributed by atoms with Crippen molar-refractivity contribution >= 4 is 28.4 Å². The molecule has 5 nitrogen and oxygen atoms in total. The first-order valence-corrected chi connectivity index (χ1v) is 9.72. The van der Waals surface area contributed by atoms with Gasteiger partial charge < -0.3 is 4.90 Å². The number of aromatic nitrogens is 2. The molecular formula is C21H23ClN4O. The van der Waals surface area contributed by atoms with E-state index in [-0.39, 0.29) is 5.91 Å². The Morgan fingerprint density at radius 2 is 1.78 bits per heavy atom. The molecule has 0 spiro atoms. The molecule has 1 amide bonds. The lowest BCUT2D eigenvalue weighted by atomic mass is 10.2. The predicted molar refractivity (Wildman–Crippen MR) is 108 cm³/mol. The molecule has 1 aliphatic rings. The Kier molecular flexibility index (Phi) is 5.41. The number of piperazine rings is 1. The minimum absolute atomic E-state index is 0.194. The molecule has 140 valence electrons. The molecule has 0 saturated carbocycles. The number of carbonyl (C=O) groups excluding carboxylic acids is 1. The quantitative estimate of drug-likeness (QED) is 0.679. The highest BCUT2D eigenvalue weighted by atomic mass is 35.5. The standard InChI is InChI=1S/C21H23ClN4O/c22-19-7-4-8-20-18(19)15-23-26(20)10-9-21(27)25-13-11-24(12-14-25)16-17-5-2-1-3-6-17/h1-8,15H,9-14,16H2. The SMILES string of the molecule is O=C(CCn1ncc2c(Cl)cccc21)N1CCN(Cc2ccccc2)CC1. The van der Waals surface area contributed by atoms with E-state index in [9.17, 15) is 4.79 Å². The van der Waals surface area contributed by atoms with Crippen LogP contribution in [0, 0.1) is 0 Å². The third kappa shape index (κ3) is 4.15. The topological polar surface area (TPSA) is 41.4 Å². The monoisotopic (exact) mass is 382 g/mol. The van der Waals surface area contributed by atoms with Crippen LogP contribution in [0.2, 0.25) is 5.02 Å². The number of carbonyl (C=O) groups is 1. The maximum Gasteiger partial charge on any atom is 0.224 e. The zero-order valence-corrected chi connectivity index (χ0v) is 16.0. The molecule has 0 bridgehead atoms. The van der Waals surface area contributed by atoms with Crippen molar-refractivity contribution in [2.24, 2.45) is 0 Å². The maximum absolute atomic E-state index is 12.6. The second-order valence-electron chi connectivity index (χ2n) is 6.93. The van der Waals surface area contributed by atoms with Gasteiger partial charge in [-0.3, -0.25) is 14.4 Å². The van der Waals surface area contributed by atoms with Gasteiger partial charge in [-0.15, -0.1) is 0 Å². The molecule has 2 heterocycles. The number of hydrogen-bond acceptors (Lipinski definition) is 3. The van der Waals surface area contributed by atoms with Gasteiger partial charge in [0, 0.05) is 44.5 Å². The van der Waals surface area contributed by atoms with Gasteiger partial charge in [0.05, 0.1) is 23.3 Å². The second-order valence-corrected chi connectivity index (χ2v) is 7.34. The van der Waals surface area contributed by atoms with E-state index in [0.29, 0.717) is 18.0 Å². The number of hydrogen-bond donors (Lipinski definition) is 0. The largest absolute Gasteiger partial charge is 0.340 e. The minimum atomic E-state index is 0.194. The highest BCUT2D eigenvalue weighted by molar-refractivity contribution is 6.35. The summed E-state index contributed by atoms with van der Waals surface area (Å²) < 4.78 is 1.87. The zero-order chi connectivity index (χ0) is 18.6. The molecule has 0 unspecified atom stereocenters. The molecule has 4 rings (SSSR count).